The Morgan fingerprint density at radius 1 is 1.09 bits per heavy atom. The van der Waals surface area contributed by atoms with E-state index in [1.807, 2.05) is 23.1 Å². The lowest BCUT2D eigenvalue weighted by atomic mass is 10.0. The van der Waals surface area contributed by atoms with Gasteiger partial charge in [0.2, 0.25) is 0 Å². The third-order valence-electron chi connectivity index (χ3n) is 6.31. The lowest BCUT2D eigenvalue weighted by Crippen LogP contribution is -2.25. The number of aromatic nitrogens is 4. The normalized spacial score (nSPS) is 15.2. The maximum absolute atomic E-state index is 12.7. The fourth-order valence-corrected chi connectivity index (χ4v) is 5.07. The van der Waals surface area contributed by atoms with Crippen LogP contribution in [0.25, 0.3) is 33.7 Å². The first-order chi connectivity index (χ1) is 16.5. The van der Waals surface area contributed by atoms with Crippen molar-refractivity contribution in [2.24, 2.45) is 0 Å². The molecule has 4 aromatic rings. The Hall–Kier alpha value is -3.36. The fraction of sp³-hybridized carbons (Fsp3) is 0.250. The van der Waals surface area contributed by atoms with Crippen molar-refractivity contribution in [2.45, 2.75) is 25.4 Å². The Morgan fingerprint density at radius 2 is 1.82 bits per heavy atom. The number of aromatic amines is 1. The summed E-state index contributed by atoms with van der Waals surface area (Å²) < 4.78 is 10.7. The molecule has 2 aromatic heterocycles. The zero-order valence-corrected chi connectivity index (χ0v) is 19.9. The number of carbonyl (C=O) groups excluding carboxylic acids is 1. The number of methoxy groups -OCH3 is 2. The number of H-pyrrole nitrogens is 1. The molecular weight excluding hydrogens is 477 g/mol. The van der Waals surface area contributed by atoms with Crippen molar-refractivity contribution in [3.63, 3.8) is 0 Å². The van der Waals surface area contributed by atoms with Gasteiger partial charge in [-0.1, -0.05) is 29.3 Å². The van der Waals surface area contributed by atoms with Crippen molar-refractivity contribution in [3.05, 3.63) is 51.6 Å². The Bertz CT molecular complexity index is 1450. The molecule has 1 amide bonds. The highest BCUT2D eigenvalue weighted by Gasteiger charge is 2.38. The zero-order chi connectivity index (χ0) is 23.6. The van der Waals surface area contributed by atoms with Crippen LogP contribution in [-0.2, 0) is 6.54 Å². The smallest absolute Gasteiger partial charge is 0.254 e. The van der Waals surface area contributed by atoms with Crippen LogP contribution in [0.1, 0.15) is 28.8 Å². The molecule has 1 fully saturated rings. The van der Waals surface area contributed by atoms with E-state index in [1.165, 1.54) is 14.2 Å². The molecule has 172 valence electrons. The molecule has 0 unspecified atom stereocenters. The minimum atomic E-state index is 0.117. The third-order valence-corrected chi connectivity index (χ3v) is 7.06. The number of hydrogen-bond acceptors (Lipinski definition) is 6. The summed E-state index contributed by atoms with van der Waals surface area (Å²) in [5.41, 5.74) is 4.34. The van der Waals surface area contributed by atoms with E-state index in [0.29, 0.717) is 46.8 Å². The lowest BCUT2D eigenvalue weighted by Gasteiger charge is -2.13. The maximum Gasteiger partial charge on any atom is 0.254 e. The van der Waals surface area contributed by atoms with Crippen molar-refractivity contribution in [1.29, 1.82) is 0 Å². The molecule has 0 saturated heterocycles. The molecule has 1 N–H and O–H groups in total. The Balaban J connectivity index is 1.41. The van der Waals surface area contributed by atoms with E-state index in [-0.39, 0.29) is 16.0 Å². The molecule has 10 heteroatoms. The average molecular weight is 496 g/mol. The van der Waals surface area contributed by atoms with Crippen LogP contribution in [0.15, 0.2) is 30.5 Å². The Kier molecular flexibility index (Phi) is 4.89. The number of nitrogens with one attached hydrogen (secondary N) is 1. The number of rotatable bonds is 5. The SMILES string of the molecule is COc1cc(OC)c(Cl)c(-c2ncc3c(-c4ccc5c(c4)CN(C4CC4)C5=O)n[nH]c3n2)c1Cl. The van der Waals surface area contributed by atoms with Gasteiger partial charge in [-0.25, -0.2) is 9.97 Å². The van der Waals surface area contributed by atoms with Gasteiger partial charge in [-0.3, -0.25) is 9.89 Å². The van der Waals surface area contributed by atoms with Gasteiger partial charge in [-0.2, -0.15) is 5.10 Å². The monoisotopic (exact) mass is 495 g/mol. The van der Waals surface area contributed by atoms with Gasteiger partial charge in [0.1, 0.15) is 17.2 Å². The maximum atomic E-state index is 12.7. The van der Waals surface area contributed by atoms with Crippen LogP contribution in [0.4, 0.5) is 0 Å². The van der Waals surface area contributed by atoms with Crippen molar-refractivity contribution in [3.8, 4) is 34.1 Å². The highest BCUT2D eigenvalue weighted by molar-refractivity contribution is 6.40. The van der Waals surface area contributed by atoms with Crippen LogP contribution in [-0.4, -0.2) is 51.2 Å². The minimum absolute atomic E-state index is 0.117. The minimum Gasteiger partial charge on any atom is -0.495 e. The first-order valence-corrected chi connectivity index (χ1v) is 11.5. The lowest BCUT2D eigenvalue weighted by molar-refractivity contribution is 0.0766. The van der Waals surface area contributed by atoms with Crippen LogP contribution < -0.4 is 9.47 Å². The summed E-state index contributed by atoms with van der Waals surface area (Å²) in [4.78, 5) is 23.8. The highest BCUT2D eigenvalue weighted by Crippen LogP contribution is 2.45. The van der Waals surface area contributed by atoms with E-state index < -0.39 is 0 Å². The molecule has 0 atom stereocenters. The van der Waals surface area contributed by atoms with Crippen molar-refractivity contribution in [1.82, 2.24) is 25.1 Å². The molecule has 2 aliphatic rings. The van der Waals surface area contributed by atoms with Crippen LogP contribution in [0.5, 0.6) is 11.5 Å². The molecule has 1 aliphatic carbocycles. The second-order valence-electron chi connectivity index (χ2n) is 8.35. The highest BCUT2D eigenvalue weighted by atomic mass is 35.5. The molecule has 1 saturated carbocycles. The van der Waals surface area contributed by atoms with Gasteiger partial charge < -0.3 is 14.4 Å². The zero-order valence-electron chi connectivity index (χ0n) is 18.4. The summed E-state index contributed by atoms with van der Waals surface area (Å²) in [6.07, 6.45) is 3.86. The van der Waals surface area contributed by atoms with Crippen molar-refractivity contribution in [2.75, 3.05) is 14.2 Å². The molecule has 0 bridgehead atoms. The van der Waals surface area contributed by atoms with Crippen LogP contribution >= 0.6 is 23.2 Å². The largest absolute Gasteiger partial charge is 0.495 e. The van der Waals surface area contributed by atoms with E-state index in [9.17, 15) is 4.79 Å². The molecule has 6 rings (SSSR count). The summed E-state index contributed by atoms with van der Waals surface area (Å²) in [5, 5.41) is 8.78. The standard InChI is InChI=1S/C24H19Cl2N5O3/c1-33-16-8-17(34-2)20(26)18(19(16)25)23-27-9-15-21(29-30-22(15)28-23)11-3-6-14-12(7-11)10-31(24(14)32)13-4-5-13/h3,6-9,13H,4-5,10H2,1-2H3,(H,27,28,29,30). The van der Waals surface area contributed by atoms with E-state index in [2.05, 4.69) is 20.2 Å². The summed E-state index contributed by atoms with van der Waals surface area (Å²) in [7, 11) is 3.02. The molecule has 3 heterocycles. The quantitative estimate of drug-likeness (QED) is 0.412. The summed E-state index contributed by atoms with van der Waals surface area (Å²) >= 11 is 13.1. The van der Waals surface area contributed by atoms with Gasteiger partial charge in [0.25, 0.3) is 5.91 Å². The van der Waals surface area contributed by atoms with Gasteiger partial charge in [-0.05, 0) is 30.5 Å². The number of hydrogen-bond donors (Lipinski definition) is 1. The van der Waals surface area contributed by atoms with E-state index in [0.717, 1.165) is 34.9 Å². The van der Waals surface area contributed by atoms with Crippen molar-refractivity contribution < 1.29 is 14.3 Å². The molecule has 0 radical (unpaired) electrons. The van der Waals surface area contributed by atoms with Gasteiger partial charge in [0.15, 0.2) is 11.5 Å². The first kappa shape index (κ1) is 21.2. The first-order valence-electron chi connectivity index (χ1n) is 10.8. The molecule has 2 aromatic carbocycles. The predicted octanol–water partition coefficient (Wildman–Crippen LogP) is 5.13. The molecular formula is C24H19Cl2N5O3. The van der Waals surface area contributed by atoms with Gasteiger partial charge in [0.05, 0.1) is 35.2 Å². The van der Waals surface area contributed by atoms with E-state index >= 15 is 0 Å². The second kappa shape index (κ2) is 7.85. The van der Waals surface area contributed by atoms with Crippen LogP contribution in [0.3, 0.4) is 0 Å². The Morgan fingerprint density at radius 3 is 2.50 bits per heavy atom. The van der Waals surface area contributed by atoms with Gasteiger partial charge >= 0.3 is 0 Å². The number of carbonyl (C=O) groups is 1. The predicted molar refractivity (Wildman–Crippen MR) is 129 cm³/mol. The second-order valence-corrected chi connectivity index (χ2v) is 9.10. The van der Waals surface area contributed by atoms with E-state index in [4.69, 9.17) is 32.7 Å². The molecule has 34 heavy (non-hydrogen) atoms. The molecule has 8 nitrogen and oxygen atoms in total. The van der Waals surface area contributed by atoms with Crippen molar-refractivity contribution >= 4 is 40.1 Å². The topological polar surface area (TPSA) is 93.2 Å². The third kappa shape index (κ3) is 3.20. The van der Waals surface area contributed by atoms with Crippen LogP contribution in [0.2, 0.25) is 10.0 Å². The van der Waals surface area contributed by atoms with Crippen LogP contribution in [0, 0.1) is 0 Å². The van der Waals surface area contributed by atoms with Gasteiger partial charge in [0, 0.05) is 36.0 Å². The summed E-state index contributed by atoms with van der Waals surface area (Å²) in [6.45, 7) is 0.643. The number of halogens is 2. The molecule has 1 aliphatic heterocycles. The Labute approximate surface area is 204 Å². The summed E-state index contributed by atoms with van der Waals surface area (Å²) in [5.74, 6) is 1.24. The number of benzene rings is 2. The number of nitrogens with zero attached hydrogens (tertiary/aromatic N) is 4. The molecule has 0 spiro atoms. The fourth-order valence-electron chi connectivity index (χ4n) is 4.40. The van der Waals surface area contributed by atoms with Gasteiger partial charge in [-0.15, -0.1) is 0 Å². The summed E-state index contributed by atoms with van der Waals surface area (Å²) in [6, 6.07) is 7.82. The number of fused-ring (bicyclic) bond motifs is 2. The number of ether oxygens (including phenoxy) is 2. The van der Waals surface area contributed by atoms with E-state index in [1.54, 1.807) is 12.3 Å². The average Bonchev–Trinajstić information content (AvgIpc) is 3.52. The number of amides is 1.